The first-order chi connectivity index (χ1) is 11.6. The molecule has 0 fully saturated rings. The van der Waals surface area contributed by atoms with E-state index in [9.17, 15) is 9.59 Å². The molecule has 1 aromatic heterocycles. The largest absolute Gasteiger partial charge is 0.347 e. The van der Waals surface area contributed by atoms with E-state index in [4.69, 9.17) is 0 Å². The maximum atomic E-state index is 12.2. The van der Waals surface area contributed by atoms with E-state index in [1.807, 2.05) is 52.0 Å². The summed E-state index contributed by atoms with van der Waals surface area (Å²) in [5.74, 6) is 0.434. The van der Waals surface area contributed by atoms with E-state index >= 15 is 0 Å². The molecule has 0 spiro atoms. The van der Waals surface area contributed by atoms with Crippen molar-refractivity contribution in [3.63, 3.8) is 0 Å². The number of benzene rings is 1. The molecule has 2 N–H and O–H groups in total. The minimum absolute atomic E-state index is 0.0393. The minimum Gasteiger partial charge on any atom is -0.347 e. The zero-order valence-electron chi connectivity index (χ0n) is 15.9. The summed E-state index contributed by atoms with van der Waals surface area (Å²) >= 11 is 0. The fourth-order valence-corrected chi connectivity index (χ4v) is 2.69. The van der Waals surface area contributed by atoms with Crippen LogP contribution in [-0.4, -0.2) is 27.9 Å². The molecule has 2 rings (SSSR count). The van der Waals surface area contributed by atoms with Crippen molar-refractivity contribution in [2.24, 2.45) is 5.41 Å². The lowest BCUT2D eigenvalue weighted by Gasteiger charge is -2.20. The fourth-order valence-electron chi connectivity index (χ4n) is 2.69. The number of aromatic nitrogens is 2. The third-order valence-electron chi connectivity index (χ3n) is 3.99. The summed E-state index contributed by atoms with van der Waals surface area (Å²) in [6, 6.07) is 7.91. The van der Waals surface area contributed by atoms with Crippen molar-refractivity contribution in [3.8, 4) is 0 Å². The van der Waals surface area contributed by atoms with Crippen molar-refractivity contribution in [2.75, 3.05) is 6.54 Å². The van der Waals surface area contributed by atoms with E-state index in [0.717, 1.165) is 16.9 Å². The molecule has 6 heteroatoms. The lowest BCUT2D eigenvalue weighted by atomic mass is 9.96. The molecule has 0 saturated heterocycles. The van der Waals surface area contributed by atoms with E-state index in [2.05, 4.69) is 34.0 Å². The molecule has 0 aliphatic heterocycles. The van der Waals surface area contributed by atoms with Crippen LogP contribution in [0.4, 0.5) is 0 Å². The number of carbonyl (C=O) groups excluding carboxylic acids is 2. The number of amides is 2. The molecule has 0 radical (unpaired) electrons. The van der Waals surface area contributed by atoms with Crippen LogP contribution in [0.25, 0.3) is 11.0 Å². The number of para-hydroxylation sites is 2. The van der Waals surface area contributed by atoms with Gasteiger partial charge in [-0.05, 0) is 32.9 Å². The normalized spacial score (nSPS) is 13.1. The van der Waals surface area contributed by atoms with Gasteiger partial charge in [-0.2, -0.15) is 0 Å². The van der Waals surface area contributed by atoms with Crippen molar-refractivity contribution in [1.29, 1.82) is 0 Å². The Morgan fingerprint density at radius 2 is 1.80 bits per heavy atom. The second kappa shape index (κ2) is 7.25. The molecule has 0 bridgehead atoms. The van der Waals surface area contributed by atoms with E-state index in [1.165, 1.54) is 0 Å². The van der Waals surface area contributed by atoms with Gasteiger partial charge in [0.05, 0.1) is 23.6 Å². The molecule has 25 heavy (non-hydrogen) atoms. The van der Waals surface area contributed by atoms with Crippen LogP contribution >= 0.6 is 0 Å². The average Bonchev–Trinajstić information content (AvgIpc) is 2.91. The number of imidazole rings is 1. The summed E-state index contributed by atoms with van der Waals surface area (Å²) in [5, 5.41) is 5.59. The van der Waals surface area contributed by atoms with Crippen molar-refractivity contribution in [1.82, 2.24) is 20.2 Å². The molecule has 0 aliphatic carbocycles. The van der Waals surface area contributed by atoms with Crippen LogP contribution in [0.3, 0.4) is 0 Å². The maximum Gasteiger partial charge on any atom is 0.239 e. The molecule has 1 aromatic carbocycles. The molecular weight excluding hydrogens is 316 g/mol. The Balaban J connectivity index is 2.12. The van der Waals surface area contributed by atoms with Crippen LogP contribution in [0.15, 0.2) is 24.3 Å². The highest BCUT2D eigenvalue weighted by molar-refractivity contribution is 5.87. The quantitative estimate of drug-likeness (QED) is 0.875. The molecule has 2 aromatic rings. The van der Waals surface area contributed by atoms with Gasteiger partial charge in [0.1, 0.15) is 5.82 Å². The summed E-state index contributed by atoms with van der Waals surface area (Å²) in [5.41, 5.74) is 1.44. The first-order valence-electron chi connectivity index (χ1n) is 8.65. The smallest absolute Gasteiger partial charge is 0.239 e. The Bertz CT molecular complexity index is 771. The monoisotopic (exact) mass is 344 g/mol. The number of rotatable bonds is 5. The van der Waals surface area contributed by atoms with Crippen molar-refractivity contribution >= 4 is 22.8 Å². The van der Waals surface area contributed by atoms with Gasteiger partial charge in [-0.3, -0.25) is 9.59 Å². The average molecular weight is 344 g/mol. The van der Waals surface area contributed by atoms with Gasteiger partial charge in [0.25, 0.3) is 0 Å². The summed E-state index contributed by atoms with van der Waals surface area (Å²) in [6.07, 6.45) is 0. The fraction of sp³-hybridized carbons (Fsp3) is 0.526. The molecule has 0 unspecified atom stereocenters. The molecule has 0 aliphatic rings. The zero-order valence-corrected chi connectivity index (χ0v) is 15.9. The molecule has 1 heterocycles. The third-order valence-corrected chi connectivity index (χ3v) is 3.99. The van der Waals surface area contributed by atoms with Gasteiger partial charge in [-0.15, -0.1) is 0 Å². The van der Waals surface area contributed by atoms with Gasteiger partial charge < -0.3 is 15.2 Å². The van der Waals surface area contributed by atoms with Crippen LogP contribution in [-0.2, 0) is 9.59 Å². The van der Waals surface area contributed by atoms with E-state index in [1.54, 1.807) is 0 Å². The van der Waals surface area contributed by atoms with Gasteiger partial charge >= 0.3 is 0 Å². The number of fused-ring (bicyclic) bond motifs is 1. The van der Waals surface area contributed by atoms with Crippen LogP contribution in [0.5, 0.6) is 0 Å². The Morgan fingerprint density at radius 3 is 2.40 bits per heavy atom. The number of nitrogens with zero attached hydrogens (tertiary/aromatic N) is 2. The first-order valence-corrected chi connectivity index (χ1v) is 8.65. The minimum atomic E-state index is -0.516. The SMILES string of the molecule is CC(C)n1c([C@H](C)NC(=O)CNC(=O)C(C)(C)C)nc2ccccc21. The predicted molar refractivity (Wildman–Crippen MR) is 99.1 cm³/mol. The van der Waals surface area contributed by atoms with Crippen molar-refractivity contribution < 1.29 is 9.59 Å². The number of hydrogen-bond acceptors (Lipinski definition) is 3. The van der Waals surface area contributed by atoms with Crippen LogP contribution in [0.2, 0.25) is 0 Å². The Kier molecular flexibility index (Phi) is 5.50. The number of hydrogen-bond donors (Lipinski definition) is 2. The van der Waals surface area contributed by atoms with E-state index in [-0.39, 0.29) is 30.4 Å². The summed E-state index contributed by atoms with van der Waals surface area (Å²) < 4.78 is 2.13. The standard InChI is InChI=1S/C19H28N4O2/c1-12(2)23-15-10-8-7-9-14(15)22-17(23)13(3)21-16(24)11-20-18(25)19(4,5)6/h7-10,12-13H,11H2,1-6H3,(H,20,25)(H,21,24)/t13-/m0/s1. The molecular formula is C19H28N4O2. The van der Waals surface area contributed by atoms with Crippen LogP contribution in [0.1, 0.15) is 59.5 Å². The second-order valence-electron chi connectivity index (χ2n) is 7.64. The van der Waals surface area contributed by atoms with Crippen molar-refractivity contribution in [2.45, 2.75) is 53.6 Å². The Hall–Kier alpha value is -2.37. The van der Waals surface area contributed by atoms with Gasteiger partial charge in [-0.25, -0.2) is 4.98 Å². The highest BCUT2D eigenvalue weighted by Gasteiger charge is 2.23. The third kappa shape index (κ3) is 4.38. The summed E-state index contributed by atoms with van der Waals surface area (Å²) in [4.78, 5) is 28.8. The maximum absolute atomic E-state index is 12.2. The van der Waals surface area contributed by atoms with Crippen LogP contribution in [0, 0.1) is 5.41 Å². The Morgan fingerprint density at radius 1 is 1.16 bits per heavy atom. The molecule has 136 valence electrons. The topological polar surface area (TPSA) is 76.0 Å². The van der Waals surface area contributed by atoms with Gasteiger partial charge in [0.15, 0.2) is 0 Å². The number of carbonyl (C=O) groups is 2. The molecule has 0 saturated carbocycles. The first kappa shape index (κ1) is 19.0. The van der Waals surface area contributed by atoms with Crippen LogP contribution < -0.4 is 10.6 Å². The molecule has 1 atom stereocenters. The van der Waals surface area contributed by atoms with Gasteiger partial charge in [-0.1, -0.05) is 32.9 Å². The molecule has 6 nitrogen and oxygen atoms in total. The summed E-state index contributed by atoms with van der Waals surface area (Å²) in [7, 11) is 0. The predicted octanol–water partition coefficient (Wildman–Crippen LogP) is 2.96. The Labute approximate surface area is 149 Å². The van der Waals surface area contributed by atoms with E-state index in [0.29, 0.717) is 0 Å². The zero-order chi connectivity index (χ0) is 18.8. The van der Waals surface area contributed by atoms with Crippen molar-refractivity contribution in [3.05, 3.63) is 30.1 Å². The summed E-state index contributed by atoms with van der Waals surface area (Å²) in [6.45, 7) is 11.5. The molecule has 2 amide bonds. The van der Waals surface area contributed by atoms with Gasteiger partial charge in [0, 0.05) is 11.5 Å². The highest BCUT2D eigenvalue weighted by atomic mass is 16.2. The van der Waals surface area contributed by atoms with Gasteiger partial charge in [0.2, 0.25) is 11.8 Å². The highest BCUT2D eigenvalue weighted by Crippen LogP contribution is 2.24. The second-order valence-corrected chi connectivity index (χ2v) is 7.64. The lowest BCUT2D eigenvalue weighted by Crippen LogP contribution is -2.42. The lowest BCUT2D eigenvalue weighted by molar-refractivity contribution is -0.131. The number of nitrogens with one attached hydrogen (secondary N) is 2. The van der Waals surface area contributed by atoms with E-state index < -0.39 is 5.41 Å².